The van der Waals surface area contributed by atoms with Crippen molar-refractivity contribution in [3.8, 4) is 0 Å². The summed E-state index contributed by atoms with van der Waals surface area (Å²) in [6.07, 6.45) is 4.12. The van der Waals surface area contributed by atoms with Gasteiger partial charge in [0.15, 0.2) is 0 Å². The first kappa shape index (κ1) is 14.6. The average Bonchev–Trinajstić information content (AvgIpc) is 3.13. The molecule has 3 aromatic rings. The molecule has 0 bridgehead atoms. The number of pyridine rings is 1. The lowest BCUT2D eigenvalue weighted by atomic mass is 10.0. The summed E-state index contributed by atoms with van der Waals surface area (Å²) < 4.78 is 1.99. The van der Waals surface area contributed by atoms with Crippen molar-refractivity contribution in [3.63, 3.8) is 0 Å². The molecule has 0 atom stereocenters. The van der Waals surface area contributed by atoms with Crippen LogP contribution in [0.2, 0.25) is 0 Å². The average molecular weight is 319 g/mol. The number of aromatic nitrogens is 3. The molecule has 1 aromatic carbocycles. The molecule has 2 heterocycles. The predicted octanol–water partition coefficient (Wildman–Crippen LogP) is 3.55. The van der Waals surface area contributed by atoms with E-state index in [1.54, 1.807) is 12.3 Å². The second kappa shape index (κ2) is 5.30. The third kappa shape index (κ3) is 2.12. The summed E-state index contributed by atoms with van der Waals surface area (Å²) >= 11 is 0. The van der Waals surface area contributed by atoms with Gasteiger partial charge in [-0.25, -0.2) is 4.79 Å². The fourth-order valence-corrected chi connectivity index (χ4v) is 3.39. The van der Waals surface area contributed by atoms with E-state index in [1.165, 1.54) is 5.56 Å². The Kier molecular flexibility index (Phi) is 3.23. The first-order valence-electron chi connectivity index (χ1n) is 7.97. The first-order chi connectivity index (χ1) is 11.6. The zero-order valence-electron chi connectivity index (χ0n) is 13.6. The van der Waals surface area contributed by atoms with Gasteiger partial charge in [0.1, 0.15) is 0 Å². The highest BCUT2D eigenvalue weighted by molar-refractivity contribution is 6.00. The topological polar surface area (TPSA) is 68.0 Å². The van der Waals surface area contributed by atoms with Crippen LogP contribution >= 0.6 is 0 Å². The van der Waals surface area contributed by atoms with Crippen LogP contribution in [-0.2, 0) is 13.0 Å². The number of hydrogen-bond donors (Lipinski definition) is 1. The quantitative estimate of drug-likeness (QED) is 0.801. The molecular weight excluding hydrogens is 302 g/mol. The summed E-state index contributed by atoms with van der Waals surface area (Å²) in [5.74, 6) is -0.909. The molecule has 0 saturated heterocycles. The lowest BCUT2D eigenvalue weighted by molar-refractivity contribution is 0.0695. The van der Waals surface area contributed by atoms with Crippen LogP contribution in [-0.4, -0.2) is 25.8 Å². The van der Waals surface area contributed by atoms with Gasteiger partial charge >= 0.3 is 5.97 Å². The van der Waals surface area contributed by atoms with Crippen molar-refractivity contribution >= 4 is 28.5 Å². The number of rotatable bonds is 3. The molecule has 1 aliphatic carbocycles. The molecule has 0 fully saturated rings. The van der Waals surface area contributed by atoms with E-state index in [9.17, 15) is 9.90 Å². The molecule has 0 saturated carbocycles. The molecule has 0 spiro atoms. The minimum Gasteiger partial charge on any atom is -0.478 e. The van der Waals surface area contributed by atoms with Crippen LogP contribution < -0.4 is 0 Å². The van der Waals surface area contributed by atoms with Crippen molar-refractivity contribution in [2.75, 3.05) is 0 Å². The highest BCUT2D eigenvalue weighted by atomic mass is 16.4. The molecule has 2 aromatic heterocycles. The fraction of sp³-hybridized carbons (Fsp3) is 0.211. The monoisotopic (exact) mass is 319 g/mol. The molecule has 5 nitrogen and oxygen atoms in total. The van der Waals surface area contributed by atoms with Gasteiger partial charge in [0.05, 0.1) is 22.5 Å². The maximum Gasteiger partial charge on any atom is 0.336 e. The molecule has 4 rings (SSSR count). The Bertz CT molecular complexity index is 1010. The largest absolute Gasteiger partial charge is 0.478 e. The Hall–Kier alpha value is -2.95. The van der Waals surface area contributed by atoms with E-state index in [4.69, 9.17) is 5.10 Å². The Morgan fingerprint density at radius 1 is 1.33 bits per heavy atom. The smallest absolute Gasteiger partial charge is 0.336 e. The van der Waals surface area contributed by atoms with Gasteiger partial charge in [0.25, 0.3) is 0 Å². The van der Waals surface area contributed by atoms with Crippen molar-refractivity contribution in [2.45, 2.75) is 26.8 Å². The SMILES string of the molecule is CCn1nc2cc(C)ccc2c1C1=Cc2nccc(C(=O)O)c2C1. The van der Waals surface area contributed by atoms with Gasteiger partial charge in [-0.05, 0) is 48.8 Å². The van der Waals surface area contributed by atoms with Gasteiger partial charge < -0.3 is 5.11 Å². The van der Waals surface area contributed by atoms with Crippen molar-refractivity contribution in [1.82, 2.24) is 14.8 Å². The van der Waals surface area contributed by atoms with Gasteiger partial charge in [0.2, 0.25) is 0 Å². The standard InChI is InChI=1S/C19H17N3O2/c1-3-22-18(14-5-4-11(2)8-17(14)21-22)12-9-15-13(19(23)24)6-7-20-16(15)10-12/h4-8,10H,3,9H2,1-2H3,(H,23,24). The van der Waals surface area contributed by atoms with E-state index < -0.39 is 5.97 Å². The van der Waals surface area contributed by atoms with Crippen LogP contribution in [0.15, 0.2) is 30.5 Å². The molecule has 1 N–H and O–H groups in total. The summed E-state index contributed by atoms with van der Waals surface area (Å²) in [7, 11) is 0. The molecule has 0 unspecified atom stereocenters. The Labute approximate surface area is 139 Å². The normalized spacial score (nSPS) is 13.2. The summed E-state index contributed by atoms with van der Waals surface area (Å²) in [4.78, 5) is 15.8. The summed E-state index contributed by atoms with van der Waals surface area (Å²) in [6.45, 7) is 4.87. The third-order valence-corrected chi connectivity index (χ3v) is 4.50. The number of aromatic carboxylic acids is 1. The number of carboxylic acid groups (broad SMARTS) is 1. The Morgan fingerprint density at radius 3 is 2.92 bits per heavy atom. The maximum atomic E-state index is 11.5. The van der Waals surface area contributed by atoms with E-state index in [1.807, 2.05) is 10.8 Å². The van der Waals surface area contributed by atoms with Gasteiger partial charge in [-0.1, -0.05) is 12.1 Å². The van der Waals surface area contributed by atoms with Crippen molar-refractivity contribution in [1.29, 1.82) is 0 Å². The molecule has 120 valence electrons. The van der Waals surface area contributed by atoms with E-state index in [-0.39, 0.29) is 0 Å². The molecule has 0 aliphatic heterocycles. The highest BCUT2D eigenvalue weighted by Gasteiger charge is 2.24. The Balaban J connectivity index is 1.88. The molecule has 24 heavy (non-hydrogen) atoms. The number of carbonyl (C=O) groups is 1. The third-order valence-electron chi connectivity index (χ3n) is 4.50. The van der Waals surface area contributed by atoms with Crippen LogP contribution in [0.3, 0.4) is 0 Å². The van der Waals surface area contributed by atoms with Crippen LogP contribution in [0.5, 0.6) is 0 Å². The van der Waals surface area contributed by atoms with E-state index in [2.05, 4.69) is 37.0 Å². The number of fused-ring (bicyclic) bond motifs is 2. The number of benzene rings is 1. The van der Waals surface area contributed by atoms with Crippen molar-refractivity contribution < 1.29 is 9.90 Å². The number of allylic oxidation sites excluding steroid dienone is 1. The highest BCUT2D eigenvalue weighted by Crippen LogP contribution is 2.36. The predicted molar refractivity (Wildman–Crippen MR) is 92.9 cm³/mol. The second-order valence-corrected chi connectivity index (χ2v) is 6.06. The fourth-order valence-electron chi connectivity index (χ4n) is 3.39. The maximum absolute atomic E-state index is 11.5. The van der Waals surface area contributed by atoms with E-state index in [0.29, 0.717) is 12.0 Å². The minimum atomic E-state index is -0.909. The van der Waals surface area contributed by atoms with Crippen LogP contribution in [0.25, 0.3) is 22.6 Å². The number of nitrogens with zero attached hydrogens (tertiary/aromatic N) is 3. The van der Waals surface area contributed by atoms with E-state index in [0.717, 1.165) is 40.0 Å². The molecular formula is C19H17N3O2. The lowest BCUT2D eigenvalue weighted by Gasteiger charge is -2.07. The van der Waals surface area contributed by atoms with Crippen LogP contribution in [0, 0.1) is 6.92 Å². The first-order valence-corrected chi connectivity index (χ1v) is 7.97. The zero-order chi connectivity index (χ0) is 16.8. The van der Waals surface area contributed by atoms with Crippen molar-refractivity contribution in [3.05, 3.63) is 58.5 Å². The Morgan fingerprint density at radius 2 is 2.17 bits per heavy atom. The minimum absolute atomic E-state index is 0.328. The summed E-state index contributed by atoms with van der Waals surface area (Å²) in [6, 6.07) is 7.82. The van der Waals surface area contributed by atoms with Crippen LogP contribution in [0.1, 0.15) is 39.8 Å². The van der Waals surface area contributed by atoms with Gasteiger partial charge in [-0.3, -0.25) is 9.67 Å². The zero-order valence-corrected chi connectivity index (χ0v) is 13.6. The number of carboxylic acids is 1. The van der Waals surface area contributed by atoms with Gasteiger partial charge in [-0.15, -0.1) is 0 Å². The number of aryl methyl sites for hydroxylation is 2. The van der Waals surface area contributed by atoms with E-state index >= 15 is 0 Å². The summed E-state index contributed by atoms with van der Waals surface area (Å²) in [5.41, 5.74) is 6.12. The molecule has 0 radical (unpaired) electrons. The second-order valence-electron chi connectivity index (χ2n) is 6.06. The molecule has 0 amide bonds. The summed E-state index contributed by atoms with van der Waals surface area (Å²) in [5, 5.41) is 15.2. The molecule has 1 aliphatic rings. The van der Waals surface area contributed by atoms with Gasteiger partial charge in [-0.2, -0.15) is 5.10 Å². The lowest BCUT2D eigenvalue weighted by Crippen LogP contribution is -2.05. The van der Waals surface area contributed by atoms with Crippen molar-refractivity contribution in [2.24, 2.45) is 0 Å². The van der Waals surface area contributed by atoms with Crippen LogP contribution in [0.4, 0.5) is 0 Å². The molecule has 5 heteroatoms. The number of hydrogen-bond acceptors (Lipinski definition) is 3. The van der Waals surface area contributed by atoms with Gasteiger partial charge in [0, 0.05) is 24.5 Å².